The molecule has 2 fully saturated rings. The number of fused-ring (bicyclic) bond motifs is 2. The van der Waals surface area contributed by atoms with Crippen molar-refractivity contribution < 1.29 is 5.11 Å². The number of aliphatic hydroxyl groups excluding tert-OH is 1. The summed E-state index contributed by atoms with van der Waals surface area (Å²) in [5.41, 5.74) is 2.11. The predicted octanol–water partition coefficient (Wildman–Crippen LogP) is 2.83. The molecule has 0 radical (unpaired) electrons. The Kier molecular flexibility index (Phi) is 4.42. The molecular formula is C20H24ClN5O. The van der Waals surface area contributed by atoms with Crippen molar-refractivity contribution in [3.63, 3.8) is 0 Å². The molecule has 0 amide bonds. The number of hydrogen-bond acceptors (Lipinski definition) is 4. The van der Waals surface area contributed by atoms with Crippen LogP contribution in [-0.2, 0) is 6.54 Å². The Morgan fingerprint density at radius 1 is 1.11 bits per heavy atom. The Hall–Kier alpha value is -1.89. The molecule has 0 unspecified atom stereocenters. The highest BCUT2D eigenvalue weighted by molar-refractivity contribution is 6.30. The molecule has 142 valence electrons. The molecule has 6 nitrogen and oxygen atoms in total. The molecule has 1 saturated carbocycles. The molecule has 1 N–H and O–H groups in total. The van der Waals surface area contributed by atoms with Gasteiger partial charge in [-0.2, -0.15) is 5.10 Å². The van der Waals surface area contributed by atoms with E-state index in [2.05, 4.69) is 25.6 Å². The number of halogens is 1. The van der Waals surface area contributed by atoms with E-state index in [0.29, 0.717) is 16.9 Å². The lowest BCUT2D eigenvalue weighted by Gasteiger charge is -2.36. The Bertz CT molecular complexity index is 937. The lowest BCUT2D eigenvalue weighted by Crippen LogP contribution is -2.36. The third-order valence-electron chi connectivity index (χ3n) is 6.27. The molecule has 3 aromatic rings. The van der Waals surface area contributed by atoms with Crippen LogP contribution in [0.1, 0.15) is 18.9 Å². The molecular weight excluding hydrogens is 362 g/mol. The highest BCUT2D eigenvalue weighted by Gasteiger charge is 2.42. The number of nitrogens with zero attached hydrogens (tertiary/aromatic N) is 5. The normalized spacial score (nSPS) is 28.7. The summed E-state index contributed by atoms with van der Waals surface area (Å²) in [5.74, 6) is 1.20. The second-order valence-corrected chi connectivity index (χ2v) is 8.38. The average Bonchev–Trinajstić information content (AvgIpc) is 3.37. The zero-order chi connectivity index (χ0) is 18.4. The first-order valence-electron chi connectivity index (χ1n) is 9.67. The monoisotopic (exact) mass is 385 g/mol. The molecule has 5 rings (SSSR count). The molecule has 2 aromatic heterocycles. The Morgan fingerprint density at radius 3 is 2.74 bits per heavy atom. The molecule has 1 aromatic carbocycles. The lowest BCUT2D eigenvalue weighted by atomic mass is 9.77. The minimum atomic E-state index is -0.311. The minimum absolute atomic E-state index is 0.114. The van der Waals surface area contributed by atoms with E-state index < -0.39 is 0 Å². The molecule has 0 spiro atoms. The van der Waals surface area contributed by atoms with Gasteiger partial charge >= 0.3 is 0 Å². The lowest BCUT2D eigenvalue weighted by molar-refractivity contribution is 0.0374. The van der Waals surface area contributed by atoms with Gasteiger partial charge in [0.25, 0.3) is 0 Å². The second kappa shape index (κ2) is 6.93. The van der Waals surface area contributed by atoms with E-state index in [-0.39, 0.29) is 12.1 Å². The van der Waals surface area contributed by atoms with E-state index in [9.17, 15) is 5.11 Å². The van der Waals surface area contributed by atoms with E-state index in [1.807, 2.05) is 35.4 Å². The molecule has 1 aliphatic heterocycles. The van der Waals surface area contributed by atoms with Crippen LogP contribution in [0.5, 0.6) is 0 Å². The Labute approximate surface area is 163 Å². The number of likely N-dealkylation sites (tertiary alicyclic amines) is 1. The number of imidazole rings is 1. The Morgan fingerprint density at radius 2 is 1.93 bits per heavy atom. The van der Waals surface area contributed by atoms with Crippen LogP contribution >= 0.6 is 11.6 Å². The summed E-state index contributed by atoms with van der Waals surface area (Å²) >= 11 is 5.95. The molecule has 7 heteroatoms. The van der Waals surface area contributed by atoms with Gasteiger partial charge in [0, 0.05) is 25.8 Å². The average molecular weight is 386 g/mol. The van der Waals surface area contributed by atoms with Crippen molar-refractivity contribution in [3.8, 4) is 0 Å². The van der Waals surface area contributed by atoms with E-state index in [1.165, 1.54) is 0 Å². The SMILES string of the molecule is O[C@@H]1C[C@H]2CN(CCn3cc(Cl)cn3)C[C@H]2C[C@H]1n1cnc2ccccc21. The summed E-state index contributed by atoms with van der Waals surface area (Å²) in [6, 6.07) is 8.29. The summed E-state index contributed by atoms with van der Waals surface area (Å²) in [4.78, 5) is 7.02. The smallest absolute Gasteiger partial charge is 0.0961 e. The molecule has 3 heterocycles. The second-order valence-electron chi connectivity index (χ2n) is 7.95. The van der Waals surface area contributed by atoms with Gasteiger partial charge < -0.3 is 14.6 Å². The standard InChI is InChI=1S/C20H24ClN5O/c21-16-9-23-25(12-16)6-5-24-10-14-7-19(20(27)8-15(14)11-24)26-13-22-17-3-1-2-4-18(17)26/h1-4,9,12-15,19-20,27H,5-8,10-11H2/t14-,15+,19-,20-/m1/s1. The molecule has 4 atom stereocenters. The highest BCUT2D eigenvalue weighted by Crippen LogP contribution is 2.42. The van der Waals surface area contributed by atoms with E-state index in [1.54, 1.807) is 6.20 Å². The number of aliphatic hydroxyl groups is 1. The van der Waals surface area contributed by atoms with Crippen LogP contribution in [-0.4, -0.2) is 55.1 Å². The third-order valence-corrected chi connectivity index (χ3v) is 6.47. The molecule has 0 bridgehead atoms. The van der Waals surface area contributed by atoms with Crippen molar-refractivity contribution >= 4 is 22.6 Å². The first kappa shape index (κ1) is 17.2. The van der Waals surface area contributed by atoms with Gasteiger partial charge in [-0.05, 0) is 36.8 Å². The van der Waals surface area contributed by atoms with Crippen LogP contribution in [0.4, 0.5) is 0 Å². The van der Waals surface area contributed by atoms with E-state index >= 15 is 0 Å². The predicted molar refractivity (Wildman–Crippen MR) is 105 cm³/mol. The minimum Gasteiger partial charge on any atom is -0.391 e. The van der Waals surface area contributed by atoms with Crippen molar-refractivity contribution in [2.24, 2.45) is 11.8 Å². The van der Waals surface area contributed by atoms with Crippen molar-refractivity contribution in [1.82, 2.24) is 24.2 Å². The van der Waals surface area contributed by atoms with E-state index in [0.717, 1.165) is 50.1 Å². The fourth-order valence-corrected chi connectivity index (χ4v) is 5.09. The van der Waals surface area contributed by atoms with Crippen molar-refractivity contribution in [1.29, 1.82) is 0 Å². The van der Waals surface area contributed by atoms with Gasteiger partial charge in [0.1, 0.15) is 0 Å². The third kappa shape index (κ3) is 3.26. The zero-order valence-electron chi connectivity index (χ0n) is 15.2. The Balaban J connectivity index is 1.27. The van der Waals surface area contributed by atoms with Gasteiger partial charge in [0.15, 0.2) is 0 Å². The quantitative estimate of drug-likeness (QED) is 0.750. The fourth-order valence-electron chi connectivity index (χ4n) is 4.93. The van der Waals surface area contributed by atoms with Gasteiger partial charge in [0.05, 0.1) is 47.3 Å². The van der Waals surface area contributed by atoms with Gasteiger partial charge in [-0.3, -0.25) is 4.68 Å². The van der Waals surface area contributed by atoms with Crippen LogP contribution in [0.3, 0.4) is 0 Å². The van der Waals surface area contributed by atoms with Crippen LogP contribution in [0, 0.1) is 11.8 Å². The van der Waals surface area contributed by atoms with Gasteiger partial charge in [-0.1, -0.05) is 23.7 Å². The topological polar surface area (TPSA) is 59.1 Å². The zero-order valence-corrected chi connectivity index (χ0v) is 15.9. The molecule has 1 saturated heterocycles. The van der Waals surface area contributed by atoms with Crippen LogP contribution in [0.25, 0.3) is 11.0 Å². The largest absolute Gasteiger partial charge is 0.391 e. The number of rotatable bonds is 4. The maximum Gasteiger partial charge on any atom is 0.0961 e. The number of para-hydroxylation sites is 2. The first-order valence-corrected chi connectivity index (χ1v) is 10.0. The van der Waals surface area contributed by atoms with Crippen LogP contribution in [0.2, 0.25) is 5.02 Å². The summed E-state index contributed by atoms with van der Waals surface area (Å²) in [6.07, 6.45) is 7.01. The number of benzene rings is 1. The first-order chi connectivity index (χ1) is 13.2. The molecule has 2 aliphatic rings. The van der Waals surface area contributed by atoms with Gasteiger partial charge in [-0.25, -0.2) is 4.98 Å². The molecule has 27 heavy (non-hydrogen) atoms. The van der Waals surface area contributed by atoms with Crippen molar-refractivity contribution in [2.75, 3.05) is 19.6 Å². The summed E-state index contributed by atoms with van der Waals surface area (Å²) in [5, 5.41) is 15.8. The highest BCUT2D eigenvalue weighted by atomic mass is 35.5. The van der Waals surface area contributed by atoms with Crippen LogP contribution < -0.4 is 0 Å². The van der Waals surface area contributed by atoms with Crippen molar-refractivity contribution in [3.05, 3.63) is 48.0 Å². The summed E-state index contributed by atoms with van der Waals surface area (Å²) in [6.45, 7) is 3.98. The summed E-state index contributed by atoms with van der Waals surface area (Å²) < 4.78 is 4.09. The summed E-state index contributed by atoms with van der Waals surface area (Å²) in [7, 11) is 0. The van der Waals surface area contributed by atoms with E-state index in [4.69, 9.17) is 11.6 Å². The van der Waals surface area contributed by atoms with Gasteiger partial charge in [-0.15, -0.1) is 0 Å². The number of aromatic nitrogens is 4. The molecule has 1 aliphatic carbocycles. The maximum atomic E-state index is 10.8. The maximum absolute atomic E-state index is 10.8. The van der Waals surface area contributed by atoms with Crippen molar-refractivity contribution in [2.45, 2.75) is 31.5 Å². The van der Waals surface area contributed by atoms with Crippen LogP contribution in [0.15, 0.2) is 43.0 Å². The number of hydrogen-bond donors (Lipinski definition) is 1. The van der Waals surface area contributed by atoms with Gasteiger partial charge in [0.2, 0.25) is 0 Å². The fraction of sp³-hybridized carbons (Fsp3) is 0.500.